The minimum Gasteiger partial charge on any atom is -0.357 e. The normalized spacial score (nSPS) is 14.5. The number of rotatable bonds is 8. The number of guanidine groups is 1. The van der Waals surface area contributed by atoms with Crippen LogP contribution in [-0.2, 0) is 11.3 Å². The number of para-hydroxylation sites is 1. The zero-order valence-electron chi connectivity index (χ0n) is 14.8. The summed E-state index contributed by atoms with van der Waals surface area (Å²) in [5.74, 6) is 0.698. The van der Waals surface area contributed by atoms with Crippen LogP contribution in [0.5, 0.6) is 0 Å². The summed E-state index contributed by atoms with van der Waals surface area (Å²) in [6, 6.07) is 10.9. The lowest BCUT2D eigenvalue weighted by Crippen LogP contribution is -2.39. The largest absolute Gasteiger partial charge is 0.357 e. The van der Waals surface area contributed by atoms with E-state index in [1.54, 1.807) is 0 Å². The van der Waals surface area contributed by atoms with E-state index >= 15 is 0 Å². The molecular formula is C19H27N5O. The summed E-state index contributed by atoms with van der Waals surface area (Å²) >= 11 is 0. The molecule has 0 atom stereocenters. The predicted molar refractivity (Wildman–Crippen MR) is 102 cm³/mol. The first-order valence-electron chi connectivity index (χ1n) is 9.11. The quantitative estimate of drug-likeness (QED) is 0.390. The van der Waals surface area contributed by atoms with E-state index in [-0.39, 0.29) is 12.5 Å². The molecule has 6 heteroatoms. The van der Waals surface area contributed by atoms with Crippen molar-refractivity contribution >= 4 is 22.8 Å². The smallest absolute Gasteiger partial charge is 0.242 e. The van der Waals surface area contributed by atoms with Crippen LogP contribution in [0.1, 0.15) is 26.2 Å². The first-order chi connectivity index (χ1) is 12.3. The van der Waals surface area contributed by atoms with Gasteiger partial charge >= 0.3 is 0 Å². The summed E-state index contributed by atoms with van der Waals surface area (Å²) in [4.78, 5) is 16.1. The van der Waals surface area contributed by atoms with E-state index < -0.39 is 0 Å². The van der Waals surface area contributed by atoms with Crippen molar-refractivity contribution in [2.24, 2.45) is 4.99 Å². The summed E-state index contributed by atoms with van der Waals surface area (Å²) < 4.78 is 2.27. The van der Waals surface area contributed by atoms with Gasteiger partial charge in [-0.2, -0.15) is 0 Å². The zero-order chi connectivity index (χ0) is 17.5. The van der Waals surface area contributed by atoms with E-state index in [0.29, 0.717) is 12.0 Å². The Morgan fingerprint density at radius 3 is 2.88 bits per heavy atom. The maximum atomic E-state index is 11.7. The molecule has 1 aromatic carbocycles. The number of nitrogens with zero attached hydrogens (tertiary/aromatic N) is 2. The highest BCUT2D eigenvalue weighted by molar-refractivity contribution is 5.85. The Labute approximate surface area is 148 Å². The van der Waals surface area contributed by atoms with Crippen LogP contribution in [0.2, 0.25) is 0 Å². The summed E-state index contributed by atoms with van der Waals surface area (Å²) in [7, 11) is 0. The first kappa shape index (κ1) is 17.3. The van der Waals surface area contributed by atoms with Crippen molar-refractivity contribution in [3.63, 3.8) is 0 Å². The second-order valence-corrected chi connectivity index (χ2v) is 6.39. The molecule has 1 saturated carbocycles. The van der Waals surface area contributed by atoms with E-state index in [1.807, 2.05) is 6.92 Å². The predicted octanol–water partition coefficient (Wildman–Crippen LogP) is 1.87. The maximum absolute atomic E-state index is 11.7. The summed E-state index contributed by atoms with van der Waals surface area (Å²) in [6.07, 6.45) is 5.31. The van der Waals surface area contributed by atoms with Crippen molar-refractivity contribution in [3.05, 3.63) is 36.5 Å². The minimum atomic E-state index is -0.00138. The lowest BCUT2D eigenvalue weighted by Gasteiger charge is -2.12. The van der Waals surface area contributed by atoms with Gasteiger partial charge in [0.25, 0.3) is 0 Å². The number of aryl methyl sites for hydroxylation is 1. The van der Waals surface area contributed by atoms with Crippen molar-refractivity contribution < 1.29 is 4.79 Å². The third kappa shape index (κ3) is 5.24. The topological polar surface area (TPSA) is 70.4 Å². The second-order valence-electron chi connectivity index (χ2n) is 6.39. The second kappa shape index (κ2) is 8.55. The van der Waals surface area contributed by atoms with Crippen molar-refractivity contribution in [3.8, 4) is 0 Å². The fourth-order valence-corrected chi connectivity index (χ4v) is 2.79. The molecule has 0 unspecified atom stereocenters. The van der Waals surface area contributed by atoms with Crippen LogP contribution in [0.3, 0.4) is 0 Å². The van der Waals surface area contributed by atoms with Crippen LogP contribution < -0.4 is 16.0 Å². The van der Waals surface area contributed by atoms with Crippen molar-refractivity contribution in [2.75, 3.05) is 19.6 Å². The Bertz CT molecular complexity index is 732. The highest BCUT2D eigenvalue weighted by Crippen LogP contribution is 2.18. The van der Waals surface area contributed by atoms with E-state index in [9.17, 15) is 4.79 Å². The van der Waals surface area contributed by atoms with Crippen LogP contribution >= 0.6 is 0 Å². The summed E-state index contributed by atoms with van der Waals surface area (Å²) in [5, 5.41) is 10.7. The molecule has 0 saturated heterocycles. The Balaban J connectivity index is 1.43. The Morgan fingerprint density at radius 1 is 1.24 bits per heavy atom. The SMILES string of the molecule is CCNC(=NCC(=O)NC1CC1)NCCCn1ccc2ccccc21. The minimum absolute atomic E-state index is 0.00138. The molecule has 1 aromatic heterocycles. The van der Waals surface area contributed by atoms with Gasteiger partial charge in [0, 0.05) is 37.4 Å². The van der Waals surface area contributed by atoms with Gasteiger partial charge in [-0.05, 0) is 43.7 Å². The van der Waals surface area contributed by atoms with E-state index in [4.69, 9.17) is 0 Å². The number of aliphatic imine (C=N–C) groups is 1. The highest BCUT2D eigenvalue weighted by atomic mass is 16.2. The number of fused-ring (bicyclic) bond motifs is 1. The molecule has 134 valence electrons. The summed E-state index contributed by atoms with van der Waals surface area (Å²) in [5.41, 5.74) is 1.26. The average Bonchev–Trinajstić information content (AvgIpc) is 3.34. The van der Waals surface area contributed by atoms with Gasteiger partial charge < -0.3 is 20.5 Å². The molecule has 1 amide bonds. The lowest BCUT2D eigenvalue weighted by molar-refractivity contribution is -0.119. The van der Waals surface area contributed by atoms with Crippen LogP contribution in [0.25, 0.3) is 10.9 Å². The van der Waals surface area contributed by atoms with Crippen molar-refractivity contribution in [1.29, 1.82) is 0 Å². The molecule has 1 aliphatic rings. The lowest BCUT2D eigenvalue weighted by atomic mass is 10.2. The monoisotopic (exact) mass is 341 g/mol. The van der Waals surface area contributed by atoms with Gasteiger partial charge in [-0.3, -0.25) is 4.79 Å². The molecule has 25 heavy (non-hydrogen) atoms. The molecule has 1 aliphatic carbocycles. The number of nitrogens with one attached hydrogen (secondary N) is 3. The standard InChI is InChI=1S/C19H27N5O/c1-2-20-19(22-14-18(25)23-16-8-9-16)21-11-5-12-24-13-10-15-6-3-4-7-17(15)24/h3-4,6-7,10,13,16H,2,5,8-9,11-12,14H2,1H3,(H,23,25)(H2,20,21,22). The molecule has 0 spiro atoms. The van der Waals surface area contributed by atoms with Gasteiger partial charge in [-0.25, -0.2) is 4.99 Å². The molecule has 1 heterocycles. The van der Waals surface area contributed by atoms with Crippen LogP contribution in [0.15, 0.2) is 41.5 Å². The maximum Gasteiger partial charge on any atom is 0.242 e. The molecule has 3 N–H and O–H groups in total. The van der Waals surface area contributed by atoms with Gasteiger partial charge in [0.15, 0.2) is 5.96 Å². The Hall–Kier alpha value is -2.50. The third-order valence-corrected chi connectivity index (χ3v) is 4.22. The van der Waals surface area contributed by atoms with Crippen LogP contribution in [0, 0.1) is 0 Å². The number of amides is 1. The molecule has 0 radical (unpaired) electrons. The zero-order valence-corrected chi connectivity index (χ0v) is 14.8. The van der Waals surface area contributed by atoms with E-state index in [2.05, 4.69) is 62.0 Å². The average molecular weight is 341 g/mol. The number of hydrogen-bond acceptors (Lipinski definition) is 2. The Kier molecular flexibility index (Phi) is 5.93. The van der Waals surface area contributed by atoms with Gasteiger partial charge in [0.1, 0.15) is 6.54 Å². The number of benzene rings is 1. The molecule has 0 aliphatic heterocycles. The van der Waals surface area contributed by atoms with Gasteiger partial charge in [-0.15, -0.1) is 0 Å². The number of carbonyl (C=O) groups excluding carboxylic acids is 1. The highest BCUT2D eigenvalue weighted by Gasteiger charge is 2.22. The third-order valence-electron chi connectivity index (χ3n) is 4.22. The van der Waals surface area contributed by atoms with Crippen molar-refractivity contribution in [1.82, 2.24) is 20.5 Å². The van der Waals surface area contributed by atoms with E-state index in [0.717, 1.165) is 38.9 Å². The molecule has 0 bridgehead atoms. The fourth-order valence-electron chi connectivity index (χ4n) is 2.79. The van der Waals surface area contributed by atoms with Crippen LogP contribution in [-0.4, -0.2) is 42.1 Å². The Morgan fingerprint density at radius 2 is 2.08 bits per heavy atom. The van der Waals surface area contributed by atoms with Crippen molar-refractivity contribution in [2.45, 2.75) is 38.8 Å². The molecule has 2 aromatic rings. The first-order valence-corrected chi connectivity index (χ1v) is 9.11. The molecular weight excluding hydrogens is 314 g/mol. The molecule has 3 rings (SSSR count). The number of hydrogen-bond donors (Lipinski definition) is 3. The van der Waals surface area contributed by atoms with Crippen LogP contribution in [0.4, 0.5) is 0 Å². The van der Waals surface area contributed by atoms with E-state index in [1.165, 1.54) is 10.9 Å². The molecule has 6 nitrogen and oxygen atoms in total. The summed E-state index contributed by atoms with van der Waals surface area (Å²) in [6.45, 7) is 4.73. The molecule has 1 fully saturated rings. The van der Waals surface area contributed by atoms with Gasteiger partial charge in [-0.1, -0.05) is 18.2 Å². The number of aromatic nitrogens is 1. The van der Waals surface area contributed by atoms with Gasteiger partial charge in [0.2, 0.25) is 5.91 Å². The van der Waals surface area contributed by atoms with Gasteiger partial charge in [0.05, 0.1) is 0 Å². The fraction of sp³-hybridized carbons (Fsp3) is 0.474. The number of carbonyl (C=O) groups is 1.